The average molecular weight is 245 g/mol. The highest BCUT2D eigenvalue weighted by atomic mass is 16.4. The molecule has 0 fully saturated rings. The van der Waals surface area contributed by atoms with Crippen molar-refractivity contribution >= 4 is 5.97 Å². The number of aromatic carboxylic acids is 1. The number of carboxylic acid groups (broad SMARTS) is 1. The summed E-state index contributed by atoms with van der Waals surface area (Å²) in [5, 5.41) is 13.0. The van der Waals surface area contributed by atoms with Gasteiger partial charge in [-0.25, -0.2) is 14.5 Å². The van der Waals surface area contributed by atoms with Gasteiger partial charge in [0.2, 0.25) is 0 Å². The van der Waals surface area contributed by atoms with Gasteiger partial charge in [-0.2, -0.15) is 5.10 Å². The van der Waals surface area contributed by atoms with Crippen LogP contribution in [0.1, 0.15) is 21.7 Å². The zero-order valence-electron chi connectivity index (χ0n) is 9.70. The Kier molecular flexibility index (Phi) is 3.18. The molecule has 18 heavy (non-hydrogen) atoms. The maximum absolute atomic E-state index is 11.6. The molecule has 0 saturated carbocycles. The number of aromatic nitrogens is 3. The van der Waals surface area contributed by atoms with Crippen molar-refractivity contribution in [3.05, 3.63) is 57.8 Å². The van der Waals surface area contributed by atoms with Crippen molar-refractivity contribution in [3.63, 3.8) is 0 Å². The first-order valence-corrected chi connectivity index (χ1v) is 5.30. The first-order valence-electron chi connectivity index (χ1n) is 5.30. The fourth-order valence-electron chi connectivity index (χ4n) is 1.58. The molecular weight excluding hydrogens is 234 g/mol. The summed E-state index contributed by atoms with van der Waals surface area (Å²) in [7, 11) is 0. The van der Waals surface area contributed by atoms with E-state index < -0.39 is 5.97 Å². The molecule has 0 saturated heterocycles. The number of nitrogens with zero attached hydrogens (tertiary/aromatic N) is 3. The third-order valence-electron chi connectivity index (χ3n) is 2.41. The number of hydrogen-bond acceptors (Lipinski definition) is 4. The lowest BCUT2D eigenvalue weighted by atomic mass is 10.2. The minimum atomic E-state index is -1.12. The van der Waals surface area contributed by atoms with Crippen molar-refractivity contribution in [1.29, 1.82) is 0 Å². The summed E-state index contributed by atoms with van der Waals surface area (Å²) < 4.78 is 1.22. The molecule has 6 nitrogen and oxygen atoms in total. The van der Waals surface area contributed by atoms with E-state index in [4.69, 9.17) is 5.11 Å². The number of hydrogen-bond donors (Lipinski definition) is 1. The van der Waals surface area contributed by atoms with E-state index in [9.17, 15) is 9.59 Å². The number of carboxylic acids is 1. The zero-order valence-corrected chi connectivity index (χ0v) is 9.70. The molecule has 0 aliphatic heterocycles. The van der Waals surface area contributed by atoms with Gasteiger partial charge in [0.15, 0.2) is 5.69 Å². The third-order valence-corrected chi connectivity index (χ3v) is 2.41. The normalized spacial score (nSPS) is 10.3. The first kappa shape index (κ1) is 12.0. The fourth-order valence-corrected chi connectivity index (χ4v) is 1.58. The molecule has 2 aromatic heterocycles. The van der Waals surface area contributed by atoms with Crippen LogP contribution in [0.2, 0.25) is 0 Å². The summed E-state index contributed by atoms with van der Waals surface area (Å²) in [6, 6.07) is 6.26. The highest BCUT2D eigenvalue weighted by Gasteiger charge is 2.12. The zero-order chi connectivity index (χ0) is 13.1. The molecule has 92 valence electrons. The third kappa shape index (κ3) is 2.42. The molecule has 0 radical (unpaired) electrons. The molecule has 6 heteroatoms. The van der Waals surface area contributed by atoms with Gasteiger partial charge >= 0.3 is 5.97 Å². The van der Waals surface area contributed by atoms with Crippen LogP contribution in [-0.2, 0) is 6.54 Å². The van der Waals surface area contributed by atoms with Crippen LogP contribution in [0.5, 0.6) is 0 Å². The van der Waals surface area contributed by atoms with Gasteiger partial charge < -0.3 is 5.11 Å². The van der Waals surface area contributed by atoms with Gasteiger partial charge in [-0.15, -0.1) is 0 Å². The van der Waals surface area contributed by atoms with Crippen molar-refractivity contribution in [2.45, 2.75) is 13.5 Å². The summed E-state index contributed by atoms with van der Waals surface area (Å²) in [6.45, 7) is 1.85. The molecule has 2 rings (SSSR count). The van der Waals surface area contributed by atoms with Gasteiger partial charge in [-0.05, 0) is 19.1 Å². The topological polar surface area (TPSA) is 85.1 Å². The predicted octanol–water partition coefficient (Wildman–Crippen LogP) is 0.693. The number of rotatable bonds is 3. The van der Waals surface area contributed by atoms with Gasteiger partial charge in [0, 0.05) is 17.8 Å². The lowest BCUT2D eigenvalue weighted by molar-refractivity contribution is 0.0689. The predicted molar refractivity (Wildman–Crippen MR) is 63.5 cm³/mol. The van der Waals surface area contributed by atoms with E-state index in [1.54, 1.807) is 25.1 Å². The van der Waals surface area contributed by atoms with Crippen LogP contribution < -0.4 is 5.56 Å². The van der Waals surface area contributed by atoms with Crippen LogP contribution in [0.3, 0.4) is 0 Å². The van der Waals surface area contributed by atoms with Crippen LogP contribution in [0.4, 0.5) is 0 Å². The van der Waals surface area contributed by atoms with Crippen molar-refractivity contribution in [2.75, 3.05) is 0 Å². The number of aryl methyl sites for hydroxylation is 1. The van der Waals surface area contributed by atoms with E-state index in [1.807, 2.05) is 0 Å². The van der Waals surface area contributed by atoms with Crippen LogP contribution in [0.25, 0.3) is 0 Å². The number of pyridine rings is 1. The molecule has 0 aromatic carbocycles. The fraction of sp³-hybridized carbons (Fsp3) is 0.167. The monoisotopic (exact) mass is 245 g/mol. The van der Waals surface area contributed by atoms with E-state index in [-0.39, 0.29) is 17.8 Å². The Morgan fingerprint density at radius 1 is 1.39 bits per heavy atom. The van der Waals surface area contributed by atoms with Crippen molar-refractivity contribution in [2.24, 2.45) is 0 Å². The quantitative estimate of drug-likeness (QED) is 0.860. The van der Waals surface area contributed by atoms with E-state index in [1.165, 1.54) is 16.9 Å². The lowest BCUT2D eigenvalue weighted by Crippen LogP contribution is -2.24. The minimum Gasteiger partial charge on any atom is -0.477 e. The molecular formula is C12H11N3O3. The van der Waals surface area contributed by atoms with Gasteiger partial charge in [0.1, 0.15) is 0 Å². The Labute approximate surface area is 103 Å². The summed E-state index contributed by atoms with van der Waals surface area (Å²) in [5.74, 6) is -1.12. The molecule has 0 aliphatic carbocycles. The van der Waals surface area contributed by atoms with E-state index >= 15 is 0 Å². The Balaban J connectivity index is 2.43. The molecule has 0 spiro atoms. The highest BCUT2D eigenvalue weighted by Crippen LogP contribution is 2.06. The second-order valence-corrected chi connectivity index (χ2v) is 3.79. The van der Waals surface area contributed by atoms with Crippen molar-refractivity contribution < 1.29 is 9.90 Å². The molecule has 0 amide bonds. The summed E-state index contributed by atoms with van der Waals surface area (Å²) in [4.78, 5) is 26.4. The Morgan fingerprint density at radius 2 is 2.17 bits per heavy atom. The maximum atomic E-state index is 11.6. The molecule has 0 aliphatic rings. The van der Waals surface area contributed by atoms with Crippen molar-refractivity contribution in [1.82, 2.24) is 14.8 Å². The molecule has 2 aromatic rings. The van der Waals surface area contributed by atoms with Crippen LogP contribution >= 0.6 is 0 Å². The molecule has 0 bridgehead atoms. The van der Waals surface area contributed by atoms with Gasteiger partial charge in [0.05, 0.1) is 12.2 Å². The summed E-state index contributed by atoms with van der Waals surface area (Å²) >= 11 is 0. The van der Waals surface area contributed by atoms with Crippen LogP contribution in [-0.4, -0.2) is 25.8 Å². The smallest absolute Gasteiger partial charge is 0.354 e. The lowest BCUT2D eigenvalue weighted by Gasteiger charge is -2.07. The van der Waals surface area contributed by atoms with Gasteiger partial charge in [-0.1, -0.05) is 6.07 Å². The first-order chi connectivity index (χ1) is 8.58. The second-order valence-electron chi connectivity index (χ2n) is 3.79. The van der Waals surface area contributed by atoms with Crippen LogP contribution in [0.15, 0.2) is 35.3 Å². The van der Waals surface area contributed by atoms with E-state index in [0.717, 1.165) is 0 Å². The minimum absolute atomic E-state index is 0.0623. The molecule has 1 N–H and O–H groups in total. The summed E-state index contributed by atoms with van der Waals surface area (Å²) in [6.07, 6.45) is 1.40. The van der Waals surface area contributed by atoms with Gasteiger partial charge in [-0.3, -0.25) is 4.79 Å². The summed E-state index contributed by atoms with van der Waals surface area (Å²) in [5.41, 5.74) is 0.800. The second kappa shape index (κ2) is 4.79. The highest BCUT2D eigenvalue weighted by molar-refractivity contribution is 5.86. The van der Waals surface area contributed by atoms with Crippen molar-refractivity contribution in [3.8, 4) is 0 Å². The largest absolute Gasteiger partial charge is 0.477 e. The number of carbonyl (C=O) groups is 1. The van der Waals surface area contributed by atoms with Crippen LogP contribution in [0, 0.1) is 6.92 Å². The van der Waals surface area contributed by atoms with E-state index in [2.05, 4.69) is 10.1 Å². The Morgan fingerprint density at radius 3 is 2.89 bits per heavy atom. The van der Waals surface area contributed by atoms with Gasteiger partial charge in [0.25, 0.3) is 5.56 Å². The standard InChI is InChI=1S/C12H11N3O3/c1-8-4-5-10(16)15(14-8)7-9-3-2-6-13-11(9)12(17)18/h2-6H,7H2,1H3,(H,17,18). The molecule has 0 atom stereocenters. The molecule has 2 heterocycles. The average Bonchev–Trinajstić information content (AvgIpc) is 2.34. The molecule has 0 unspecified atom stereocenters. The van der Waals surface area contributed by atoms with E-state index in [0.29, 0.717) is 11.3 Å². The SMILES string of the molecule is Cc1ccc(=O)n(Cc2cccnc2C(=O)O)n1. The Hall–Kier alpha value is -2.50. The maximum Gasteiger partial charge on any atom is 0.354 e. The Bertz CT molecular complexity index is 649.